The number of nitrogens with zero attached hydrogens (tertiary/aromatic N) is 1. The van der Waals surface area contributed by atoms with Crippen molar-refractivity contribution in [2.45, 2.75) is 31.8 Å². The van der Waals surface area contributed by atoms with Crippen molar-refractivity contribution in [1.29, 1.82) is 0 Å². The van der Waals surface area contributed by atoms with Crippen LogP contribution in [-0.2, 0) is 9.59 Å². The Morgan fingerprint density at radius 2 is 2.12 bits per heavy atom. The van der Waals surface area contributed by atoms with Crippen molar-refractivity contribution < 1.29 is 19.5 Å². The van der Waals surface area contributed by atoms with Crippen LogP contribution in [0.15, 0.2) is 0 Å². The standard InChI is InChI=1S/C9H15N3O4/c1-5(7(10)13)11-9(16)12-4-2-3-6(12)8(14)15/h5-6H,2-4H2,1H3,(H2,10,13)(H,11,16)(H,14,15)/t5?,6-/m1/s1. The fourth-order valence-corrected chi connectivity index (χ4v) is 1.61. The monoisotopic (exact) mass is 229 g/mol. The molecule has 1 fully saturated rings. The Labute approximate surface area is 92.6 Å². The summed E-state index contributed by atoms with van der Waals surface area (Å²) in [5, 5.41) is 11.2. The number of aliphatic carboxylic acids is 1. The molecule has 1 saturated heterocycles. The molecule has 1 rings (SSSR count). The summed E-state index contributed by atoms with van der Waals surface area (Å²) in [6.45, 7) is 1.83. The van der Waals surface area contributed by atoms with E-state index in [-0.39, 0.29) is 0 Å². The predicted molar refractivity (Wildman–Crippen MR) is 54.6 cm³/mol. The summed E-state index contributed by atoms with van der Waals surface area (Å²) in [5.74, 6) is -1.68. The zero-order chi connectivity index (χ0) is 12.3. The van der Waals surface area contributed by atoms with Crippen LogP contribution in [0.25, 0.3) is 0 Å². The number of carboxylic acids is 1. The van der Waals surface area contributed by atoms with E-state index >= 15 is 0 Å². The van der Waals surface area contributed by atoms with Gasteiger partial charge in [-0.15, -0.1) is 0 Å². The van der Waals surface area contributed by atoms with E-state index in [9.17, 15) is 14.4 Å². The van der Waals surface area contributed by atoms with E-state index in [4.69, 9.17) is 10.8 Å². The number of urea groups is 1. The van der Waals surface area contributed by atoms with Crippen LogP contribution in [0.1, 0.15) is 19.8 Å². The first-order valence-electron chi connectivity index (χ1n) is 5.02. The van der Waals surface area contributed by atoms with Crippen molar-refractivity contribution >= 4 is 17.9 Å². The van der Waals surface area contributed by atoms with Crippen LogP contribution in [0.3, 0.4) is 0 Å². The third kappa shape index (κ3) is 2.62. The van der Waals surface area contributed by atoms with E-state index in [0.717, 1.165) is 0 Å². The summed E-state index contributed by atoms with van der Waals surface area (Å²) in [5.41, 5.74) is 4.99. The third-order valence-electron chi connectivity index (χ3n) is 2.57. The van der Waals surface area contributed by atoms with Gasteiger partial charge >= 0.3 is 12.0 Å². The molecule has 0 bridgehead atoms. The Hall–Kier alpha value is -1.79. The van der Waals surface area contributed by atoms with Crippen LogP contribution >= 0.6 is 0 Å². The first kappa shape index (κ1) is 12.3. The van der Waals surface area contributed by atoms with Crippen molar-refractivity contribution in [2.75, 3.05) is 6.54 Å². The molecule has 1 aliphatic rings. The highest BCUT2D eigenvalue weighted by molar-refractivity contribution is 5.88. The lowest BCUT2D eigenvalue weighted by atomic mass is 10.2. The normalized spacial score (nSPS) is 21.6. The molecule has 90 valence electrons. The summed E-state index contributed by atoms with van der Waals surface area (Å²) in [6.07, 6.45) is 1.09. The molecule has 1 aliphatic heterocycles. The molecule has 2 atom stereocenters. The number of rotatable bonds is 3. The van der Waals surface area contributed by atoms with Crippen LogP contribution < -0.4 is 11.1 Å². The zero-order valence-corrected chi connectivity index (χ0v) is 8.97. The Bertz CT molecular complexity index is 318. The predicted octanol–water partition coefficient (Wildman–Crippen LogP) is -0.881. The second-order valence-electron chi connectivity index (χ2n) is 3.76. The molecule has 7 nitrogen and oxygen atoms in total. The molecule has 0 aromatic rings. The molecule has 0 radical (unpaired) electrons. The van der Waals surface area contributed by atoms with Gasteiger partial charge in [-0.1, -0.05) is 0 Å². The van der Waals surface area contributed by atoms with Gasteiger partial charge in [0.05, 0.1) is 0 Å². The molecule has 4 N–H and O–H groups in total. The van der Waals surface area contributed by atoms with Gasteiger partial charge in [0.25, 0.3) is 0 Å². The van der Waals surface area contributed by atoms with Crippen molar-refractivity contribution in [3.63, 3.8) is 0 Å². The summed E-state index contributed by atoms with van der Waals surface area (Å²) in [7, 11) is 0. The van der Waals surface area contributed by atoms with E-state index in [2.05, 4.69) is 5.32 Å². The number of carbonyl (C=O) groups excluding carboxylic acids is 2. The van der Waals surface area contributed by atoms with Gasteiger partial charge in [0, 0.05) is 6.54 Å². The highest BCUT2D eigenvalue weighted by Gasteiger charge is 2.34. The van der Waals surface area contributed by atoms with Gasteiger partial charge in [-0.25, -0.2) is 9.59 Å². The molecule has 16 heavy (non-hydrogen) atoms. The first-order valence-corrected chi connectivity index (χ1v) is 5.02. The first-order chi connectivity index (χ1) is 7.43. The third-order valence-corrected chi connectivity index (χ3v) is 2.57. The van der Waals surface area contributed by atoms with Gasteiger partial charge in [0.1, 0.15) is 12.1 Å². The second kappa shape index (κ2) is 4.82. The number of carboxylic acid groups (broad SMARTS) is 1. The summed E-state index contributed by atoms with van der Waals surface area (Å²) in [4.78, 5) is 34.4. The number of likely N-dealkylation sites (tertiary alicyclic amines) is 1. The molecule has 0 saturated carbocycles. The van der Waals surface area contributed by atoms with Crippen LogP contribution in [0.4, 0.5) is 4.79 Å². The van der Waals surface area contributed by atoms with E-state index in [1.165, 1.54) is 11.8 Å². The molecule has 3 amide bonds. The fraction of sp³-hybridized carbons (Fsp3) is 0.667. The molecule has 1 heterocycles. The van der Waals surface area contributed by atoms with E-state index in [1.807, 2.05) is 0 Å². The molecular weight excluding hydrogens is 214 g/mol. The summed E-state index contributed by atoms with van der Waals surface area (Å²) in [6, 6.07) is -2.17. The van der Waals surface area contributed by atoms with Crippen molar-refractivity contribution in [1.82, 2.24) is 10.2 Å². The zero-order valence-electron chi connectivity index (χ0n) is 8.97. The SMILES string of the molecule is CC(NC(=O)N1CCC[C@@H]1C(=O)O)C(N)=O. The summed E-state index contributed by atoms with van der Waals surface area (Å²) < 4.78 is 0. The van der Waals surface area contributed by atoms with Crippen LogP contribution in [0.5, 0.6) is 0 Å². The van der Waals surface area contributed by atoms with Crippen molar-refractivity contribution in [2.24, 2.45) is 5.73 Å². The number of amides is 3. The minimum absolute atomic E-state index is 0.383. The molecule has 0 spiro atoms. The molecule has 7 heteroatoms. The molecule has 1 unspecified atom stereocenters. The maximum atomic E-state index is 11.6. The van der Waals surface area contributed by atoms with Gasteiger partial charge in [0.2, 0.25) is 5.91 Å². The lowest BCUT2D eigenvalue weighted by Gasteiger charge is -2.23. The Morgan fingerprint density at radius 1 is 1.50 bits per heavy atom. The maximum absolute atomic E-state index is 11.6. The Balaban J connectivity index is 2.60. The number of primary amides is 1. The number of nitrogens with two attached hydrogens (primary N) is 1. The summed E-state index contributed by atoms with van der Waals surface area (Å²) >= 11 is 0. The van der Waals surface area contributed by atoms with Crippen molar-refractivity contribution in [3.05, 3.63) is 0 Å². The van der Waals surface area contributed by atoms with Gasteiger partial charge in [0.15, 0.2) is 0 Å². The lowest BCUT2D eigenvalue weighted by Crippen LogP contribution is -2.51. The topological polar surface area (TPSA) is 113 Å². The Kier molecular flexibility index (Phi) is 3.70. The largest absolute Gasteiger partial charge is 0.480 e. The van der Waals surface area contributed by atoms with Crippen LogP contribution in [0, 0.1) is 0 Å². The van der Waals surface area contributed by atoms with E-state index in [1.54, 1.807) is 0 Å². The smallest absolute Gasteiger partial charge is 0.326 e. The second-order valence-corrected chi connectivity index (χ2v) is 3.76. The average molecular weight is 229 g/mol. The lowest BCUT2D eigenvalue weighted by molar-refractivity contribution is -0.141. The molecule has 0 aromatic carbocycles. The highest BCUT2D eigenvalue weighted by Crippen LogP contribution is 2.17. The minimum atomic E-state index is -1.03. The highest BCUT2D eigenvalue weighted by atomic mass is 16.4. The fourth-order valence-electron chi connectivity index (χ4n) is 1.61. The van der Waals surface area contributed by atoms with Gasteiger partial charge in [-0.05, 0) is 19.8 Å². The number of hydrogen-bond donors (Lipinski definition) is 3. The number of carbonyl (C=O) groups is 3. The molecule has 0 aromatic heterocycles. The van der Waals surface area contributed by atoms with Crippen LogP contribution in [0.2, 0.25) is 0 Å². The Morgan fingerprint density at radius 3 is 2.62 bits per heavy atom. The maximum Gasteiger partial charge on any atom is 0.326 e. The van der Waals surface area contributed by atoms with E-state index in [0.29, 0.717) is 19.4 Å². The molecular formula is C9H15N3O4. The number of nitrogens with one attached hydrogen (secondary N) is 1. The quantitative estimate of drug-likeness (QED) is 0.583. The minimum Gasteiger partial charge on any atom is -0.480 e. The van der Waals surface area contributed by atoms with E-state index < -0.39 is 30.0 Å². The van der Waals surface area contributed by atoms with Crippen LogP contribution in [-0.4, -0.2) is 46.5 Å². The average Bonchev–Trinajstić information content (AvgIpc) is 2.65. The number of hydrogen-bond acceptors (Lipinski definition) is 3. The van der Waals surface area contributed by atoms with Crippen molar-refractivity contribution in [3.8, 4) is 0 Å². The van der Waals surface area contributed by atoms with Gasteiger partial charge in [-0.2, -0.15) is 0 Å². The van der Waals surface area contributed by atoms with Gasteiger partial charge < -0.3 is 21.1 Å². The molecule has 0 aliphatic carbocycles. The van der Waals surface area contributed by atoms with Gasteiger partial charge in [-0.3, -0.25) is 4.79 Å².